The Kier molecular flexibility index (Phi) is 12.0. The van der Waals surface area contributed by atoms with Gasteiger partial charge in [0.05, 0.1) is 6.61 Å². The van der Waals surface area contributed by atoms with Crippen molar-refractivity contribution in [3.63, 3.8) is 0 Å². The number of esters is 1. The fourth-order valence-electron chi connectivity index (χ4n) is 3.48. The molecule has 0 aliphatic rings. The van der Waals surface area contributed by atoms with Crippen LogP contribution in [0.1, 0.15) is 76.8 Å². The third-order valence-corrected chi connectivity index (χ3v) is 5.36. The van der Waals surface area contributed by atoms with E-state index in [0.717, 1.165) is 30.4 Å². The van der Waals surface area contributed by atoms with Crippen LogP contribution < -0.4 is 5.32 Å². The number of hydrogen-bond acceptors (Lipinski definition) is 5. The molecule has 0 aromatic heterocycles. The van der Waals surface area contributed by atoms with Crippen LogP contribution in [0, 0.1) is 0 Å². The first kappa shape index (κ1) is 25.8. The summed E-state index contributed by atoms with van der Waals surface area (Å²) in [4.78, 5) is 35.7. The maximum atomic E-state index is 12.1. The van der Waals surface area contributed by atoms with Crippen LogP contribution in [0.2, 0.25) is 0 Å². The van der Waals surface area contributed by atoms with Crippen LogP contribution in [0.3, 0.4) is 0 Å². The number of aryl methyl sites for hydroxylation is 1. The lowest BCUT2D eigenvalue weighted by Gasteiger charge is -2.30. The smallest absolute Gasteiger partial charge is 0.324 e. The zero-order valence-corrected chi connectivity index (χ0v) is 18.7. The molecule has 0 aliphatic heterocycles. The molecule has 0 spiro atoms. The highest BCUT2D eigenvalue weighted by Gasteiger charge is 2.36. The Hall–Kier alpha value is -2.21. The molecule has 0 bridgehead atoms. The van der Waals surface area contributed by atoms with E-state index in [-0.39, 0.29) is 11.8 Å². The van der Waals surface area contributed by atoms with Crippen LogP contribution in [0.25, 0.3) is 0 Å². The fourth-order valence-corrected chi connectivity index (χ4v) is 3.48. The van der Waals surface area contributed by atoms with Crippen LogP contribution in [0.15, 0.2) is 24.3 Å². The first-order valence-electron chi connectivity index (χ1n) is 11.1. The number of hydrogen-bond donors (Lipinski definition) is 2. The molecule has 2 N–H and O–H groups in total. The number of nitrogens with one attached hydrogen (secondary N) is 1. The van der Waals surface area contributed by atoms with E-state index in [0.29, 0.717) is 51.7 Å². The number of carboxylic acid groups (broad SMARTS) is 1. The van der Waals surface area contributed by atoms with Gasteiger partial charge in [0.2, 0.25) is 0 Å². The molecule has 1 aromatic rings. The molecule has 1 atom stereocenters. The van der Waals surface area contributed by atoms with Gasteiger partial charge >= 0.3 is 11.9 Å². The predicted octanol–water partition coefficient (Wildman–Crippen LogP) is 4.09. The normalized spacial score (nSPS) is 12.9. The number of aliphatic carboxylic acids is 1. The van der Waals surface area contributed by atoms with Gasteiger partial charge in [-0.25, -0.2) is 0 Å². The Bertz CT molecular complexity index is 688. The number of carbonyl (C=O) groups excluding carboxylic acids is 2. The Morgan fingerprint density at radius 1 is 1.03 bits per heavy atom. The summed E-state index contributed by atoms with van der Waals surface area (Å²) >= 11 is 0. The lowest BCUT2D eigenvalue weighted by atomic mass is 9.87. The molecule has 1 aromatic carbocycles. The number of carbonyl (C=O) groups is 3. The largest absolute Gasteiger partial charge is 0.480 e. The summed E-state index contributed by atoms with van der Waals surface area (Å²) in [5.74, 6) is -0.978. The molecule has 30 heavy (non-hydrogen) atoms. The van der Waals surface area contributed by atoms with Crippen molar-refractivity contribution in [1.29, 1.82) is 0 Å². The molecule has 0 radical (unpaired) electrons. The summed E-state index contributed by atoms with van der Waals surface area (Å²) in [6.07, 6.45) is 5.48. The number of ketones is 1. The zero-order chi connectivity index (χ0) is 22.4. The fraction of sp³-hybridized carbons (Fsp3) is 0.625. The number of ether oxygens (including phenoxy) is 1. The van der Waals surface area contributed by atoms with Gasteiger partial charge in [0.25, 0.3) is 0 Å². The lowest BCUT2D eigenvalue weighted by Crippen LogP contribution is -2.54. The number of rotatable bonds is 16. The number of carboxylic acids is 1. The van der Waals surface area contributed by atoms with Crippen LogP contribution in [-0.2, 0) is 32.0 Å². The Morgan fingerprint density at radius 2 is 1.77 bits per heavy atom. The minimum absolute atomic E-state index is 0.173. The highest BCUT2D eigenvalue weighted by atomic mass is 16.5. The van der Waals surface area contributed by atoms with Crippen molar-refractivity contribution < 1.29 is 24.2 Å². The maximum absolute atomic E-state index is 12.1. The molecule has 1 unspecified atom stereocenters. The van der Waals surface area contributed by atoms with Gasteiger partial charge in [-0.2, -0.15) is 0 Å². The topological polar surface area (TPSA) is 92.7 Å². The summed E-state index contributed by atoms with van der Waals surface area (Å²) in [6.45, 7) is 6.44. The van der Waals surface area contributed by atoms with Gasteiger partial charge < -0.3 is 15.2 Å². The molecule has 0 fully saturated rings. The first-order chi connectivity index (χ1) is 14.4. The molecule has 6 nitrogen and oxygen atoms in total. The van der Waals surface area contributed by atoms with E-state index in [9.17, 15) is 19.5 Å². The Morgan fingerprint density at radius 3 is 2.40 bits per heavy atom. The summed E-state index contributed by atoms with van der Waals surface area (Å²) in [7, 11) is 0. The number of benzene rings is 1. The Balaban J connectivity index is 2.73. The van der Waals surface area contributed by atoms with Crippen molar-refractivity contribution >= 4 is 17.7 Å². The van der Waals surface area contributed by atoms with E-state index in [1.54, 1.807) is 6.92 Å². The van der Waals surface area contributed by atoms with Crippen molar-refractivity contribution in [3.05, 3.63) is 35.4 Å². The minimum Gasteiger partial charge on any atom is -0.480 e. The van der Waals surface area contributed by atoms with Gasteiger partial charge in [0.1, 0.15) is 11.3 Å². The van der Waals surface area contributed by atoms with Crippen molar-refractivity contribution in [3.8, 4) is 0 Å². The van der Waals surface area contributed by atoms with Crippen molar-refractivity contribution in [2.75, 3.05) is 13.2 Å². The summed E-state index contributed by atoms with van der Waals surface area (Å²) < 4.78 is 4.96. The van der Waals surface area contributed by atoms with E-state index in [1.165, 1.54) is 0 Å². The highest BCUT2D eigenvalue weighted by Crippen LogP contribution is 2.20. The standard InChI is InChI=1S/C24H37NO5/c1-4-7-8-12-21(26)15-16-25-24(5-2,23(28)29)18-20-11-9-10-19(17-20)13-14-22(27)30-6-3/h9-11,17,25H,4-8,12-16,18H2,1-3H3,(H,28,29). The van der Waals surface area contributed by atoms with Gasteiger partial charge in [-0.15, -0.1) is 0 Å². The molecule has 1 rings (SSSR count). The second-order valence-electron chi connectivity index (χ2n) is 7.72. The monoisotopic (exact) mass is 419 g/mol. The molecular formula is C24H37NO5. The van der Waals surface area contributed by atoms with Gasteiger partial charge in [-0.3, -0.25) is 14.4 Å². The van der Waals surface area contributed by atoms with Crippen LogP contribution >= 0.6 is 0 Å². The van der Waals surface area contributed by atoms with Crippen LogP contribution in [0.4, 0.5) is 0 Å². The van der Waals surface area contributed by atoms with Crippen LogP contribution in [0.5, 0.6) is 0 Å². The SMILES string of the molecule is CCCCCC(=O)CCNC(CC)(Cc1cccc(CCC(=O)OCC)c1)C(=O)O. The predicted molar refractivity (Wildman–Crippen MR) is 118 cm³/mol. The number of Topliss-reactive ketones (excluding diaryl/α,β-unsaturated/α-hetero) is 1. The van der Waals surface area contributed by atoms with E-state index in [1.807, 2.05) is 31.2 Å². The zero-order valence-electron chi connectivity index (χ0n) is 18.7. The molecule has 0 saturated heterocycles. The van der Waals surface area contributed by atoms with Crippen molar-refractivity contribution in [2.24, 2.45) is 0 Å². The average Bonchev–Trinajstić information content (AvgIpc) is 2.72. The lowest BCUT2D eigenvalue weighted by molar-refractivity contribution is -0.145. The third kappa shape index (κ3) is 9.08. The van der Waals surface area contributed by atoms with E-state index < -0.39 is 11.5 Å². The van der Waals surface area contributed by atoms with Gasteiger partial charge in [-0.05, 0) is 37.3 Å². The minimum atomic E-state index is -1.12. The molecule has 0 aliphatic carbocycles. The van der Waals surface area contributed by atoms with Crippen molar-refractivity contribution in [1.82, 2.24) is 5.32 Å². The second kappa shape index (κ2) is 13.9. The van der Waals surface area contributed by atoms with Gasteiger partial charge in [0.15, 0.2) is 0 Å². The van der Waals surface area contributed by atoms with Crippen molar-refractivity contribution in [2.45, 2.75) is 84.1 Å². The molecule has 0 amide bonds. The molecule has 168 valence electrons. The molecule has 6 heteroatoms. The molecule has 0 saturated carbocycles. The van der Waals surface area contributed by atoms with Gasteiger partial charge in [0, 0.05) is 32.2 Å². The average molecular weight is 420 g/mol. The quantitative estimate of drug-likeness (QED) is 0.310. The maximum Gasteiger partial charge on any atom is 0.324 e. The third-order valence-electron chi connectivity index (χ3n) is 5.36. The van der Waals surface area contributed by atoms with Gasteiger partial charge in [-0.1, -0.05) is 51.0 Å². The summed E-state index contributed by atoms with van der Waals surface area (Å²) in [5.41, 5.74) is 0.744. The van der Waals surface area contributed by atoms with Crippen LogP contribution in [-0.4, -0.2) is 41.5 Å². The second-order valence-corrected chi connectivity index (χ2v) is 7.72. The Labute approximate surface area is 180 Å². The molecule has 0 heterocycles. The van der Waals surface area contributed by atoms with E-state index in [2.05, 4.69) is 12.2 Å². The van der Waals surface area contributed by atoms with E-state index >= 15 is 0 Å². The van der Waals surface area contributed by atoms with E-state index in [4.69, 9.17) is 4.74 Å². The number of unbranched alkanes of at least 4 members (excludes halogenated alkanes) is 2. The summed E-state index contributed by atoms with van der Waals surface area (Å²) in [5, 5.41) is 13.1. The summed E-state index contributed by atoms with van der Waals surface area (Å²) in [6, 6.07) is 7.66. The molecular weight excluding hydrogens is 382 g/mol. The first-order valence-corrected chi connectivity index (χ1v) is 11.1. The highest BCUT2D eigenvalue weighted by molar-refractivity contribution is 5.80.